The van der Waals surface area contributed by atoms with E-state index in [0.717, 1.165) is 0 Å². The fourth-order valence-electron chi connectivity index (χ4n) is 1.25. The van der Waals surface area contributed by atoms with E-state index in [9.17, 15) is 10.2 Å². The van der Waals surface area contributed by atoms with E-state index in [4.69, 9.17) is 0 Å². The van der Waals surface area contributed by atoms with E-state index in [0.29, 0.717) is 24.7 Å². The van der Waals surface area contributed by atoms with Crippen LogP contribution in [0.5, 0.6) is 0 Å². The summed E-state index contributed by atoms with van der Waals surface area (Å²) >= 11 is 0. The van der Waals surface area contributed by atoms with Crippen molar-refractivity contribution in [3.8, 4) is 0 Å². The zero-order valence-electron chi connectivity index (χ0n) is 8.39. The van der Waals surface area contributed by atoms with Gasteiger partial charge in [0.25, 0.3) is 0 Å². The second-order valence-electron chi connectivity index (χ2n) is 3.26. The summed E-state index contributed by atoms with van der Waals surface area (Å²) in [6, 6.07) is 0. The maximum Gasteiger partial charge on any atom is 1.00 e. The third-order valence-corrected chi connectivity index (χ3v) is 2.15. The summed E-state index contributed by atoms with van der Waals surface area (Å²) in [6.07, 6.45) is 0.965. The first-order chi connectivity index (χ1) is 4.61. The van der Waals surface area contributed by atoms with Crippen LogP contribution in [0.15, 0.2) is 11.5 Å². The molecular formula is C8H12Li2O2. The Hall–Kier alpha value is 0.535. The monoisotopic (exact) mass is 154 g/mol. The van der Waals surface area contributed by atoms with E-state index in [-0.39, 0.29) is 49.2 Å². The van der Waals surface area contributed by atoms with Crippen molar-refractivity contribution in [3.63, 3.8) is 0 Å². The van der Waals surface area contributed by atoms with Crippen LogP contribution in [0.4, 0.5) is 0 Å². The number of allylic oxidation sites excluding steroid dienone is 2. The van der Waals surface area contributed by atoms with Crippen molar-refractivity contribution in [1.82, 2.24) is 0 Å². The number of rotatable bonds is 1. The molecule has 0 heterocycles. The van der Waals surface area contributed by atoms with E-state index in [1.807, 2.05) is 0 Å². The van der Waals surface area contributed by atoms with Gasteiger partial charge in [-0.1, -0.05) is 13.8 Å². The average molecular weight is 154 g/mol. The van der Waals surface area contributed by atoms with Crippen LogP contribution in [0.3, 0.4) is 0 Å². The molecule has 0 spiro atoms. The van der Waals surface area contributed by atoms with Crippen LogP contribution in [-0.4, -0.2) is 0 Å². The first-order valence-electron chi connectivity index (χ1n) is 3.67. The zero-order valence-corrected chi connectivity index (χ0v) is 8.39. The van der Waals surface area contributed by atoms with Gasteiger partial charge in [0.1, 0.15) is 0 Å². The van der Waals surface area contributed by atoms with Gasteiger partial charge in [-0.25, -0.2) is 0 Å². The van der Waals surface area contributed by atoms with Crippen molar-refractivity contribution in [3.05, 3.63) is 11.5 Å². The molecule has 0 aliphatic heterocycles. The van der Waals surface area contributed by atoms with Gasteiger partial charge < -0.3 is 10.2 Å². The predicted molar refractivity (Wildman–Crippen MR) is 34.6 cm³/mol. The first kappa shape index (κ1) is 15.0. The fraction of sp³-hybridized carbons (Fsp3) is 0.750. The molecule has 0 radical (unpaired) electrons. The van der Waals surface area contributed by atoms with E-state index in [2.05, 4.69) is 13.8 Å². The van der Waals surface area contributed by atoms with E-state index >= 15 is 0 Å². The summed E-state index contributed by atoms with van der Waals surface area (Å²) in [7, 11) is 0. The first-order valence-corrected chi connectivity index (χ1v) is 3.67. The van der Waals surface area contributed by atoms with Crippen LogP contribution in [0, 0.1) is 11.8 Å². The molecule has 1 rings (SSSR count). The Labute approximate surface area is 97.8 Å². The van der Waals surface area contributed by atoms with Crippen LogP contribution in [0.25, 0.3) is 0 Å². The smallest absolute Gasteiger partial charge is 0.876 e. The van der Waals surface area contributed by atoms with Gasteiger partial charge in [-0.05, 0) is 24.7 Å². The van der Waals surface area contributed by atoms with Gasteiger partial charge in [0, 0.05) is 0 Å². The van der Waals surface area contributed by atoms with Crippen molar-refractivity contribution < 1.29 is 47.9 Å². The Morgan fingerprint density at radius 2 is 1.42 bits per heavy atom. The largest absolute Gasteiger partial charge is 1.00 e. The predicted octanol–water partition coefficient (Wildman–Crippen LogP) is -6.01. The number of hydrogen-bond acceptors (Lipinski definition) is 2. The van der Waals surface area contributed by atoms with Crippen LogP contribution < -0.4 is 47.9 Å². The molecule has 0 saturated carbocycles. The Morgan fingerprint density at radius 3 is 1.58 bits per heavy atom. The summed E-state index contributed by atoms with van der Waals surface area (Å²) in [5.74, 6) is 0.452. The van der Waals surface area contributed by atoms with Crippen LogP contribution in [0.2, 0.25) is 0 Å². The molecule has 4 heteroatoms. The molecule has 0 N–H and O–H groups in total. The topological polar surface area (TPSA) is 46.1 Å². The average Bonchev–Trinajstić information content (AvgIpc) is 2.13. The van der Waals surface area contributed by atoms with Gasteiger partial charge in [-0.3, -0.25) is 0 Å². The SMILES string of the molecule is CC(C)C1CC([O-])=C([O-])C1.[Li+].[Li+]. The summed E-state index contributed by atoms with van der Waals surface area (Å²) in [4.78, 5) is 0. The van der Waals surface area contributed by atoms with Crippen molar-refractivity contribution in [2.24, 2.45) is 11.8 Å². The molecule has 0 aromatic rings. The second-order valence-corrected chi connectivity index (χ2v) is 3.26. The fourth-order valence-corrected chi connectivity index (χ4v) is 1.25. The molecule has 0 saturated heterocycles. The van der Waals surface area contributed by atoms with Gasteiger partial charge in [0.2, 0.25) is 0 Å². The summed E-state index contributed by atoms with van der Waals surface area (Å²) in [5.41, 5.74) is 0. The molecule has 0 atom stereocenters. The third kappa shape index (κ3) is 3.50. The summed E-state index contributed by atoms with van der Waals surface area (Å²) in [5, 5.41) is 21.5. The zero-order chi connectivity index (χ0) is 7.72. The van der Waals surface area contributed by atoms with Crippen LogP contribution >= 0.6 is 0 Å². The Balaban J connectivity index is 0. The molecule has 1 aliphatic carbocycles. The van der Waals surface area contributed by atoms with Gasteiger partial charge >= 0.3 is 37.7 Å². The number of hydrogen-bond donors (Lipinski definition) is 0. The van der Waals surface area contributed by atoms with E-state index < -0.39 is 0 Å². The minimum atomic E-state index is -0.168. The van der Waals surface area contributed by atoms with E-state index in [1.165, 1.54) is 0 Å². The van der Waals surface area contributed by atoms with E-state index in [1.54, 1.807) is 0 Å². The molecule has 0 amide bonds. The Bertz CT molecular complexity index is 152. The molecule has 1 aliphatic rings. The molecule has 0 fully saturated rings. The maximum absolute atomic E-state index is 10.7. The molecular weight excluding hydrogens is 142 g/mol. The molecule has 12 heavy (non-hydrogen) atoms. The Morgan fingerprint density at radius 1 is 1.08 bits per heavy atom. The summed E-state index contributed by atoms with van der Waals surface area (Å²) < 4.78 is 0. The second kappa shape index (κ2) is 6.06. The third-order valence-electron chi connectivity index (χ3n) is 2.15. The van der Waals surface area contributed by atoms with Gasteiger partial charge in [-0.2, -0.15) is 0 Å². The molecule has 0 aromatic heterocycles. The van der Waals surface area contributed by atoms with Crippen molar-refractivity contribution in [1.29, 1.82) is 0 Å². The standard InChI is InChI=1S/C8H14O2.2Li/c1-5(2)6-3-7(9)8(10)4-6;;/h5-6,9-10H,3-4H2,1-2H3;;/q;2*+1/p-2. The van der Waals surface area contributed by atoms with Crippen molar-refractivity contribution in [2.75, 3.05) is 0 Å². The Kier molecular flexibility index (Phi) is 7.59. The van der Waals surface area contributed by atoms with Gasteiger partial charge in [-0.15, -0.1) is 11.5 Å². The quantitative estimate of drug-likeness (QED) is 0.353. The normalized spacial score (nSPS) is 17.6. The minimum Gasteiger partial charge on any atom is -0.876 e. The van der Waals surface area contributed by atoms with Gasteiger partial charge in [0.05, 0.1) is 0 Å². The molecule has 0 unspecified atom stereocenters. The van der Waals surface area contributed by atoms with Crippen LogP contribution in [0.1, 0.15) is 26.7 Å². The van der Waals surface area contributed by atoms with Crippen LogP contribution in [-0.2, 0) is 0 Å². The molecule has 0 aromatic carbocycles. The van der Waals surface area contributed by atoms with Crippen molar-refractivity contribution >= 4 is 0 Å². The summed E-state index contributed by atoms with van der Waals surface area (Å²) in [6.45, 7) is 4.10. The van der Waals surface area contributed by atoms with Crippen molar-refractivity contribution in [2.45, 2.75) is 26.7 Å². The maximum atomic E-state index is 10.7. The van der Waals surface area contributed by atoms with Gasteiger partial charge in [0.15, 0.2) is 0 Å². The molecule has 58 valence electrons. The minimum absolute atomic E-state index is 0. The molecule has 0 bridgehead atoms. The molecule has 2 nitrogen and oxygen atoms in total.